The third-order valence-electron chi connectivity index (χ3n) is 2.73. The topological polar surface area (TPSA) is 29.9 Å². The Bertz CT molecular complexity index is 546. The van der Waals surface area contributed by atoms with Gasteiger partial charge in [0.15, 0.2) is 0 Å². The van der Waals surface area contributed by atoms with E-state index in [0.717, 1.165) is 11.6 Å². The molecule has 0 unspecified atom stereocenters. The molecule has 1 aromatic carbocycles. The van der Waals surface area contributed by atoms with E-state index in [0.29, 0.717) is 16.1 Å². The van der Waals surface area contributed by atoms with Gasteiger partial charge in [-0.25, -0.2) is 4.98 Å². The molecule has 2 aromatic rings. The Morgan fingerprint density at radius 1 is 1.24 bits per heavy atom. The van der Waals surface area contributed by atoms with Crippen LogP contribution in [0.5, 0.6) is 0 Å². The second-order valence-corrected chi connectivity index (χ2v) is 4.95. The number of nitrogens with zero attached hydrogens (tertiary/aromatic N) is 2. The predicted molar refractivity (Wildman–Crippen MR) is 70.2 cm³/mol. The van der Waals surface area contributed by atoms with Gasteiger partial charge in [-0.15, -0.1) is 0 Å². The van der Waals surface area contributed by atoms with Crippen LogP contribution in [0.2, 0.25) is 10.0 Å². The van der Waals surface area contributed by atoms with Gasteiger partial charge in [0.1, 0.15) is 0 Å². The predicted octanol–water partition coefficient (Wildman–Crippen LogP) is 3.75. The van der Waals surface area contributed by atoms with Crippen molar-refractivity contribution in [3.05, 3.63) is 40.6 Å². The number of halogens is 2. The lowest BCUT2D eigenvalue weighted by Gasteiger charge is -2.09. The quantitative estimate of drug-likeness (QED) is 0.918. The summed E-state index contributed by atoms with van der Waals surface area (Å²) in [7, 11) is 0. The zero-order chi connectivity index (χ0) is 11.8. The molecule has 1 fully saturated rings. The molecule has 1 aliphatic rings. The van der Waals surface area contributed by atoms with Crippen molar-refractivity contribution < 1.29 is 0 Å². The average Bonchev–Trinajstić information content (AvgIpc) is 3.00. The molecule has 0 bridgehead atoms. The maximum absolute atomic E-state index is 6.02. The van der Waals surface area contributed by atoms with Crippen molar-refractivity contribution in [2.24, 2.45) is 0 Å². The largest absolute Gasteiger partial charge is 0.353 e. The van der Waals surface area contributed by atoms with Crippen molar-refractivity contribution in [2.45, 2.75) is 18.9 Å². The Morgan fingerprint density at radius 2 is 2.06 bits per heavy atom. The van der Waals surface area contributed by atoms with Gasteiger partial charge < -0.3 is 5.32 Å². The van der Waals surface area contributed by atoms with Crippen molar-refractivity contribution >= 4 is 29.2 Å². The molecular weight excluding hydrogens is 257 g/mol. The van der Waals surface area contributed by atoms with Crippen LogP contribution in [0, 0.1) is 0 Å². The third kappa shape index (κ3) is 2.26. The Labute approximate surface area is 109 Å². The molecule has 1 aliphatic carbocycles. The highest BCUT2D eigenvalue weighted by Gasteiger charge is 2.22. The number of benzene rings is 1. The van der Waals surface area contributed by atoms with E-state index >= 15 is 0 Å². The second-order valence-electron chi connectivity index (χ2n) is 4.14. The summed E-state index contributed by atoms with van der Waals surface area (Å²) in [5, 5.41) is 4.49. The first-order valence-electron chi connectivity index (χ1n) is 5.49. The minimum absolute atomic E-state index is 0.551. The molecule has 1 N–H and O–H groups in total. The number of rotatable bonds is 3. The molecule has 1 saturated carbocycles. The van der Waals surface area contributed by atoms with Crippen molar-refractivity contribution in [3.63, 3.8) is 0 Å². The van der Waals surface area contributed by atoms with Crippen LogP contribution >= 0.6 is 23.2 Å². The highest BCUT2D eigenvalue weighted by atomic mass is 35.5. The molecule has 3 nitrogen and oxygen atoms in total. The van der Waals surface area contributed by atoms with E-state index < -0.39 is 0 Å². The van der Waals surface area contributed by atoms with Gasteiger partial charge in [-0.1, -0.05) is 23.2 Å². The SMILES string of the molecule is Clc1ccc(-n2ccnc2NC2CC2)cc1Cl. The number of imidazole rings is 1. The lowest BCUT2D eigenvalue weighted by Crippen LogP contribution is -2.07. The van der Waals surface area contributed by atoms with Gasteiger partial charge in [-0.3, -0.25) is 4.57 Å². The standard InChI is InChI=1S/C12H11Cl2N3/c13-10-4-3-9(7-11(10)14)17-6-5-15-12(17)16-8-1-2-8/h3-8H,1-2H2,(H,15,16). The summed E-state index contributed by atoms with van der Waals surface area (Å²) in [6.45, 7) is 0. The molecule has 1 aromatic heterocycles. The first-order valence-corrected chi connectivity index (χ1v) is 6.25. The van der Waals surface area contributed by atoms with Crippen molar-refractivity contribution in [2.75, 3.05) is 5.32 Å². The highest BCUT2D eigenvalue weighted by molar-refractivity contribution is 6.42. The molecule has 5 heteroatoms. The molecule has 88 valence electrons. The van der Waals surface area contributed by atoms with E-state index in [9.17, 15) is 0 Å². The summed E-state index contributed by atoms with van der Waals surface area (Å²) in [6, 6.07) is 6.12. The van der Waals surface area contributed by atoms with Crippen LogP contribution in [0.25, 0.3) is 5.69 Å². The summed E-state index contributed by atoms with van der Waals surface area (Å²) in [5.41, 5.74) is 0.958. The van der Waals surface area contributed by atoms with E-state index in [4.69, 9.17) is 23.2 Å². The van der Waals surface area contributed by atoms with E-state index in [1.165, 1.54) is 12.8 Å². The van der Waals surface area contributed by atoms with E-state index in [2.05, 4.69) is 10.3 Å². The van der Waals surface area contributed by atoms with Gasteiger partial charge in [0.25, 0.3) is 0 Å². The molecule has 3 rings (SSSR count). The highest BCUT2D eigenvalue weighted by Crippen LogP contribution is 2.28. The molecule has 0 spiro atoms. The molecule has 17 heavy (non-hydrogen) atoms. The van der Waals surface area contributed by atoms with Crippen LogP contribution in [0.1, 0.15) is 12.8 Å². The van der Waals surface area contributed by atoms with E-state index in [1.807, 2.05) is 22.9 Å². The minimum atomic E-state index is 0.551. The first-order chi connectivity index (χ1) is 8.24. The molecule has 0 aliphatic heterocycles. The van der Waals surface area contributed by atoms with Crippen molar-refractivity contribution in [3.8, 4) is 5.69 Å². The normalized spacial score (nSPS) is 14.9. The lowest BCUT2D eigenvalue weighted by atomic mass is 10.3. The first kappa shape index (κ1) is 10.9. The van der Waals surface area contributed by atoms with Gasteiger partial charge in [0.05, 0.1) is 15.7 Å². The van der Waals surface area contributed by atoms with Gasteiger partial charge in [-0.2, -0.15) is 0 Å². The second kappa shape index (κ2) is 4.24. The molecule has 0 atom stereocenters. The number of hydrogen-bond acceptors (Lipinski definition) is 2. The molecule has 0 amide bonds. The van der Waals surface area contributed by atoms with Gasteiger partial charge >= 0.3 is 0 Å². The van der Waals surface area contributed by atoms with E-state index in [-0.39, 0.29) is 0 Å². The van der Waals surface area contributed by atoms with E-state index in [1.54, 1.807) is 12.3 Å². The summed E-state index contributed by atoms with van der Waals surface area (Å²) in [5.74, 6) is 0.853. The van der Waals surface area contributed by atoms with Crippen LogP contribution in [-0.4, -0.2) is 15.6 Å². The van der Waals surface area contributed by atoms with Crippen molar-refractivity contribution in [1.29, 1.82) is 0 Å². The Hall–Kier alpha value is -1.19. The maximum atomic E-state index is 6.02. The van der Waals surface area contributed by atoms with Gasteiger partial charge in [-0.05, 0) is 31.0 Å². The van der Waals surface area contributed by atoms with Gasteiger partial charge in [0.2, 0.25) is 5.95 Å². The third-order valence-corrected chi connectivity index (χ3v) is 3.47. The summed E-state index contributed by atoms with van der Waals surface area (Å²) >= 11 is 11.9. The van der Waals surface area contributed by atoms with Crippen LogP contribution < -0.4 is 5.32 Å². The Kier molecular flexibility index (Phi) is 2.73. The zero-order valence-corrected chi connectivity index (χ0v) is 10.5. The number of aromatic nitrogens is 2. The van der Waals surface area contributed by atoms with Crippen LogP contribution in [0.4, 0.5) is 5.95 Å². The summed E-state index contributed by atoms with van der Waals surface area (Å²) < 4.78 is 1.97. The Morgan fingerprint density at radius 3 is 2.76 bits per heavy atom. The number of nitrogens with one attached hydrogen (secondary N) is 1. The molecule has 0 saturated heterocycles. The summed E-state index contributed by atoms with van der Waals surface area (Å²) in [4.78, 5) is 4.30. The van der Waals surface area contributed by atoms with Gasteiger partial charge in [0, 0.05) is 18.4 Å². The van der Waals surface area contributed by atoms with Crippen LogP contribution in [0.15, 0.2) is 30.6 Å². The molecule has 1 heterocycles. The average molecular weight is 268 g/mol. The lowest BCUT2D eigenvalue weighted by molar-refractivity contribution is 1.00. The molecular formula is C12H11Cl2N3. The number of hydrogen-bond donors (Lipinski definition) is 1. The monoisotopic (exact) mass is 267 g/mol. The smallest absolute Gasteiger partial charge is 0.207 e. The summed E-state index contributed by atoms with van der Waals surface area (Å²) in [6.07, 6.45) is 6.11. The fraction of sp³-hybridized carbons (Fsp3) is 0.250. The fourth-order valence-electron chi connectivity index (χ4n) is 1.66. The Balaban J connectivity index is 1.96. The van der Waals surface area contributed by atoms with Crippen LogP contribution in [-0.2, 0) is 0 Å². The van der Waals surface area contributed by atoms with Crippen LogP contribution in [0.3, 0.4) is 0 Å². The zero-order valence-electron chi connectivity index (χ0n) is 9.03. The van der Waals surface area contributed by atoms with Crippen molar-refractivity contribution in [1.82, 2.24) is 9.55 Å². The number of anilines is 1. The fourth-order valence-corrected chi connectivity index (χ4v) is 1.96. The molecule has 0 radical (unpaired) electrons. The maximum Gasteiger partial charge on any atom is 0.207 e. The minimum Gasteiger partial charge on any atom is -0.353 e.